The monoisotopic (exact) mass is 276 g/mol. The van der Waals surface area contributed by atoms with E-state index in [4.69, 9.17) is 0 Å². The Balaban J connectivity index is 0.00000147. The quantitative estimate of drug-likeness (QED) is 0.879. The molecule has 110 valence electrons. The highest BCUT2D eigenvalue weighted by Gasteiger charge is 2.43. The molecule has 3 N–H and O–H groups in total. The maximum absolute atomic E-state index is 13.0. The van der Waals surface area contributed by atoms with Crippen LogP contribution in [0.5, 0.6) is 0 Å². The molecule has 3 rings (SSSR count). The van der Waals surface area contributed by atoms with Gasteiger partial charge in [-0.2, -0.15) is 0 Å². The third kappa shape index (κ3) is 2.58. The average Bonchev–Trinajstić information content (AvgIpc) is 3.02. The molecule has 0 atom stereocenters. The number of amides is 1. The molecule has 0 aromatic heterocycles. The second-order valence-corrected chi connectivity index (χ2v) is 5.70. The van der Waals surface area contributed by atoms with E-state index < -0.39 is 0 Å². The number of carbonyl (C=O) groups excluding carboxylic acids is 1. The minimum Gasteiger partial charge on any atom is -0.412 e. The molecule has 2 aliphatic rings. The van der Waals surface area contributed by atoms with Gasteiger partial charge in [-0.05, 0) is 44.3 Å². The van der Waals surface area contributed by atoms with Gasteiger partial charge in [0.25, 0.3) is 0 Å². The topological polar surface area (TPSA) is 63.8 Å². The molecule has 1 aromatic rings. The zero-order valence-corrected chi connectivity index (χ0v) is 11.9. The summed E-state index contributed by atoms with van der Waals surface area (Å²) in [6.45, 7) is 3.77. The lowest BCUT2D eigenvalue weighted by molar-refractivity contribution is -0.137. The fourth-order valence-corrected chi connectivity index (χ4v) is 3.46. The summed E-state index contributed by atoms with van der Waals surface area (Å²) < 4.78 is 0. The molecular weight excluding hydrogens is 252 g/mol. The van der Waals surface area contributed by atoms with Gasteiger partial charge in [0, 0.05) is 13.1 Å². The summed E-state index contributed by atoms with van der Waals surface area (Å²) >= 11 is 0. The van der Waals surface area contributed by atoms with Crippen molar-refractivity contribution >= 4 is 5.91 Å². The van der Waals surface area contributed by atoms with Crippen molar-refractivity contribution in [2.75, 3.05) is 26.2 Å². The Hall–Kier alpha value is -1.39. The van der Waals surface area contributed by atoms with Crippen molar-refractivity contribution < 1.29 is 10.3 Å². The third-order valence-corrected chi connectivity index (χ3v) is 4.59. The van der Waals surface area contributed by atoms with Crippen LogP contribution in [0.1, 0.15) is 31.2 Å². The maximum Gasteiger partial charge on any atom is 0.233 e. The van der Waals surface area contributed by atoms with Crippen LogP contribution < -0.4 is 5.32 Å². The summed E-state index contributed by atoms with van der Waals surface area (Å²) in [4.78, 5) is 15.1. The predicted molar refractivity (Wildman–Crippen MR) is 79.7 cm³/mol. The third-order valence-electron chi connectivity index (χ3n) is 4.59. The molecule has 20 heavy (non-hydrogen) atoms. The Morgan fingerprint density at radius 3 is 2.25 bits per heavy atom. The van der Waals surface area contributed by atoms with E-state index in [2.05, 4.69) is 34.5 Å². The first-order chi connectivity index (χ1) is 9.33. The lowest BCUT2D eigenvalue weighted by Crippen LogP contribution is -2.51. The molecular formula is C16H24N2O2. The summed E-state index contributed by atoms with van der Waals surface area (Å²) in [6.07, 6.45) is 4.17. The smallest absolute Gasteiger partial charge is 0.233 e. The molecule has 0 aliphatic carbocycles. The second kappa shape index (κ2) is 6.37. The molecule has 2 heterocycles. The molecule has 2 aliphatic heterocycles. The van der Waals surface area contributed by atoms with Crippen LogP contribution in [0, 0.1) is 0 Å². The summed E-state index contributed by atoms with van der Waals surface area (Å²) in [5.41, 5.74) is 0.921. The highest BCUT2D eigenvalue weighted by atomic mass is 16.2. The lowest BCUT2D eigenvalue weighted by atomic mass is 9.72. The number of piperidine rings is 1. The fraction of sp³-hybridized carbons (Fsp3) is 0.562. The van der Waals surface area contributed by atoms with E-state index in [9.17, 15) is 4.79 Å². The molecule has 0 radical (unpaired) electrons. The molecule has 0 bridgehead atoms. The van der Waals surface area contributed by atoms with Gasteiger partial charge in [-0.15, -0.1) is 0 Å². The number of rotatable bonds is 2. The SMILES string of the molecule is O.O=C(N1CCCC1)C1(c2ccccc2)CCNCC1. The van der Waals surface area contributed by atoms with Crippen molar-refractivity contribution in [2.24, 2.45) is 0 Å². The Morgan fingerprint density at radius 2 is 1.65 bits per heavy atom. The van der Waals surface area contributed by atoms with Gasteiger partial charge < -0.3 is 15.7 Å². The fourth-order valence-electron chi connectivity index (χ4n) is 3.46. The van der Waals surface area contributed by atoms with Crippen LogP contribution in [-0.4, -0.2) is 42.5 Å². The molecule has 2 fully saturated rings. The van der Waals surface area contributed by atoms with Crippen molar-refractivity contribution in [1.29, 1.82) is 0 Å². The van der Waals surface area contributed by atoms with E-state index in [1.165, 1.54) is 5.56 Å². The molecule has 1 aromatic carbocycles. The van der Waals surface area contributed by atoms with Crippen LogP contribution in [0.25, 0.3) is 0 Å². The van der Waals surface area contributed by atoms with E-state index in [0.717, 1.165) is 51.9 Å². The van der Waals surface area contributed by atoms with Crippen LogP contribution in [0.3, 0.4) is 0 Å². The van der Waals surface area contributed by atoms with Gasteiger partial charge in [0.05, 0.1) is 5.41 Å². The molecule has 2 saturated heterocycles. The minimum absolute atomic E-state index is 0. The van der Waals surface area contributed by atoms with E-state index in [1.807, 2.05) is 6.07 Å². The summed E-state index contributed by atoms with van der Waals surface area (Å²) in [5.74, 6) is 0.359. The highest BCUT2D eigenvalue weighted by Crippen LogP contribution is 2.36. The second-order valence-electron chi connectivity index (χ2n) is 5.70. The van der Waals surface area contributed by atoms with Crippen LogP contribution >= 0.6 is 0 Å². The van der Waals surface area contributed by atoms with Gasteiger partial charge in [-0.3, -0.25) is 4.79 Å². The normalized spacial score (nSPS) is 21.3. The number of nitrogens with zero attached hydrogens (tertiary/aromatic N) is 1. The Labute approximate surface area is 120 Å². The molecule has 4 heteroatoms. The van der Waals surface area contributed by atoms with Crippen LogP contribution in [-0.2, 0) is 10.2 Å². The molecule has 4 nitrogen and oxygen atoms in total. The van der Waals surface area contributed by atoms with Gasteiger partial charge in [-0.1, -0.05) is 30.3 Å². The highest BCUT2D eigenvalue weighted by molar-refractivity contribution is 5.88. The summed E-state index contributed by atoms with van der Waals surface area (Å²) in [5, 5.41) is 3.38. The van der Waals surface area contributed by atoms with E-state index in [1.54, 1.807) is 0 Å². The van der Waals surface area contributed by atoms with Crippen LogP contribution in [0.2, 0.25) is 0 Å². The van der Waals surface area contributed by atoms with Gasteiger partial charge in [0.2, 0.25) is 5.91 Å². The van der Waals surface area contributed by atoms with Crippen LogP contribution in [0.4, 0.5) is 0 Å². The largest absolute Gasteiger partial charge is 0.412 e. The van der Waals surface area contributed by atoms with Crippen molar-refractivity contribution in [3.05, 3.63) is 35.9 Å². The number of hydrogen-bond donors (Lipinski definition) is 1. The molecule has 0 spiro atoms. The molecule has 0 saturated carbocycles. The Bertz CT molecular complexity index is 435. The standard InChI is InChI=1S/C16H22N2O.H2O/c19-15(18-12-4-5-13-18)16(8-10-17-11-9-16)14-6-2-1-3-7-14;/h1-3,6-7,17H,4-5,8-13H2;1H2. The average molecular weight is 276 g/mol. The lowest BCUT2D eigenvalue weighted by Gasteiger charge is -2.39. The van der Waals surface area contributed by atoms with Crippen LogP contribution in [0.15, 0.2) is 30.3 Å². The van der Waals surface area contributed by atoms with E-state index in [-0.39, 0.29) is 10.9 Å². The number of benzene rings is 1. The first-order valence-corrected chi connectivity index (χ1v) is 7.39. The predicted octanol–water partition coefficient (Wildman–Crippen LogP) is 1.11. The van der Waals surface area contributed by atoms with Crippen molar-refractivity contribution in [3.63, 3.8) is 0 Å². The van der Waals surface area contributed by atoms with Crippen molar-refractivity contribution in [1.82, 2.24) is 10.2 Å². The first-order valence-electron chi connectivity index (χ1n) is 7.39. The van der Waals surface area contributed by atoms with Crippen molar-refractivity contribution in [3.8, 4) is 0 Å². The maximum atomic E-state index is 13.0. The zero-order chi connectivity index (χ0) is 13.1. The van der Waals surface area contributed by atoms with Gasteiger partial charge >= 0.3 is 0 Å². The van der Waals surface area contributed by atoms with E-state index >= 15 is 0 Å². The van der Waals surface area contributed by atoms with Crippen molar-refractivity contribution in [2.45, 2.75) is 31.1 Å². The molecule has 0 unspecified atom stereocenters. The summed E-state index contributed by atoms with van der Waals surface area (Å²) in [6, 6.07) is 10.4. The molecule has 1 amide bonds. The number of likely N-dealkylation sites (tertiary alicyclic amines) is 1. The Kier molecular flexibility index (Phi) is 4.78. The summed E-state index contributed by atoms with van der Waals surface area (Å²) in [7, 11) is 0. The number of nitrogens with one attached hydrogen (secondary N) is 1. The van der Waals surface area contributed by atoms with Gasteiger partial charge in [-0.25, -0.2) is 0 Å². The van der Waals surface area contributed by atoms with E-state index in [0.29, 0.717) is 5.91 Å². The minimum atomic E-state index is -0.281. The number of hydrogen-bond acceptors (Lipinski definition) is 2. The Morgan fingerprint density at radius 1 is 1.05 bits per heavy atom. The van der Waals surface area contributed by atoms with Gasteiger partial charge in [0.15, 0.2) is 0 Å². The van der Waals surface area contributed by atoms with Gasteiger partial charge in [0.1, 0.15) is 0 Å². The zero-order valence-electron chi connectivity index (χ0n) is 11.9. The number of carbonyl (C=O) groups is 1. The first kappa shape index (κ1) is 15.0.